The van der Waals surface area contributed by atoms with Gasteiger partial charge in [-0.3, -0.25) is 4.79 Å². The molecule has 166 valence electrons. The van der Waals surface area contributed by atoms with Crippen molar-refractivity contribution in [3.63, 3.8) is 0 Å². The third kappa shape index (κ3) is 6.81. The molecule has 0 aromatic heterocycles. The van der Waals surface area contributed by atoms with Crippen LogP contribution in [0.4, 0.5) is 9.18 Å². The molecule has 6 heteroatoms. The SMILES string of the molecule is CC(C)CC(NC(=O)c1ccc(F)cc1)C1CCN(C(=O)OCc2ccccc2)CC1. The van der Waals surface area contributed by atoms with Crippen molar-refractivity contribution in [2.45, 2.75) is 45.8 Å². The summed E-state index contributed by atoms with van der Waals surface area (Å²) >= 11 is 0. The van der Waals surface area contributed by atoms with Crippen LogP contribution in [0.3, 0.4) is 0 Å². The van der Waals surface area contributed by atoms with Gasteiger partial charge < -0.3 is 15.0 Å². The number of carbonyl (C=O) groups excluding carboxylic acids is 2. The maximum atomic E-state index is 13.2. The van der Waals surface area contributed by atoms with Gasteiger partial charge in [0.25, 0.3) is 5.91 Å². The summed E-state index contributed by atoms with van der Waals surface area (Å²) in [7, 11) is 0. The Bertz CT molecular complexity index is 847. The minimum absolute atomic E-state index is 0.0139. The van der Waals surface area contributed by atoms with Gasteiger partial charge in [0.1, 0.15) is 12.4 Å². The van der Waals surface area contributed by atoms with Gasteiger partial charge in [-0.25, -0.2) is 9.18 Å². The van der Waals surface area contributed by atoms with Crippen LogP contribution in [0.5, 0.6) is 0 Å². The number of ether oxygens (including phenoxy) is 1. The first-order valence-corrected chi connectivity index (χ1v) is 10.9. The summed E-state index contributed by atoms with van der Waals surface area (Å²) in [6.45, 7) is 5.75. The van der Waals surface area contributed by atoms with E-state index in [2.05, 4.69) is 19.2 Å². The molecular formula is C25H31FN2O3. The second kappa shape index (κ2) is 10.9. The van der Waals surface area contributed by atoms with E-state index in [0.29, 0.717) is 24.6 Å². The predicted octanol–water partition coefficient (Wildman–Crippen LogP) is 5.02. The van der Waals surface area contributed by atoms with Gasteiger partial charge in [0.15, 0.2) is 0 Å². The van der Waals surface area contributed by atoms with E-state index in [1.165, 1.54) is 24.3 Å². The molecule has 0 radical (unpaired) electrons. The van der Waals surface area contributed by atoms with Gasteiger partial charge in [-0.15, -0.1) is 0 Å². The average molecular weight is 427 g/mol. The van der Waals surface area contributed by atoms with Crippen LogP contribution in [0.15, 0.2) is 54.6 Å². The third-order valence-electron chi connectivity index (χ3n) is 5.72. The normalized spacial score (nSPS) is 15.5. The highest BCUT2D eigenvalue weighted by atomic mass is 19.1. The van der Waals surface area contributed by atoms with Crippen LogP contribution in [0.2, 0.25) is 0 Å². The van der Waals surface area contributed by atoms with Crippen molar-refractivity contribution in [1.29, 1.82) is 0 Å². The molecule has 31 heavy (non-hydrogen) atoms. The van der Waals surface area contributed by atoms with E-state index in [0.717, 1.165) is 24.8 Å². The number of carbonyl (C=O) groups is 2. The van der Waals surface area contributed by atoms with E-state index in [1.807, 2.05) is 30.3 Å². The number of nitrogens with one attached hydrogen (secondary N) is 1. The fourth-order valence-corrected chi connectivity index (χ4v) is 4.03. The number of halogens is 1. The van der Waals surface area contributed by atoms with Gasteiger partial charge in [0, 0.05) is 24.7 Å². The van der Waals surface area contributed by atoms with Gasteiger partial charge in [0.05, 0.1) is 0 Å². The van der Waals surface area contributed by atoms with Crippen molar-refractivity contribution in [1.82, 2.24) is 10.2 Å². The number of hydrogen-bond donors (Lipinski definition) is 1. The van der Waals surface area contributed by atoms with Gasteiger partial charge in [-0.1, -0.05) is 44.2 Å². The van der Waals surface area contributed by atoms with Crippen LogP contribution in [-0.4, -0.2) is 36.0 Å². The summed E-state index contributed by atoms with van der Waals surface area (Å²) in [5.74, 6) is 0.162. The topological polar surface area (TPSA) is 58.6 Å². The molecule has 0 bridgehead atoms. The average Bonchev–Trinajstić information content (AvgIpc) is 2.78. The molecule has 2 amide bonds. The van der Waals surface area contributed by atoms with Crippen LogP contribution in [0.25, 0.3) is 0 Å². The van der Waals surface area contributed by atoms with Crippen LogP contribution in [-0.2, 0) is 11.3 Å². The van der Waals surface area contributed by atoms with E-state index in [1.54, 1.807) is 4.90 Å². The molecule has 3 rings (SSSR count). The van der Waals surface area contributed by atoms with E-state index in [4.69, 9.17) is 4.74 Å². The molecule has 0 spiro atoms. The number of nitrogens with zero attached hydrogens (tertiary/aromatic N) is 1. The Morgan fingerprint density at radius 3 is 2.32 bits per heavy atom. The molecule has 0 saturated carbocycles. The van der Waals surface area contributed by atoms with Crippen molar-refractivity contribution in [3.8, 4) is 0 Å². The fourth-order valence-electron chi connectivity index (χ4n) is 4.03. The maximum Gasteiger partial charge on any atom is 0.410 e. The van der Waals surface area contributed by atoms with Crippen molar-refractivity contribution >= 4 is 12.0 Å². The van der Waals surface area contributed by atoms with Gasteiger partial charge in [-0.05, 0) is 60.9 Å². The standard InChI is InChI=1S/C25H31FN2O3/c1-18(2)16-23(27-24(29)21-8-10-22(26)11-9-21)20-12-14-28(15-13-20)25(30)31-17-19-6-4-3-5-7-19/h3-11,18,20,23H,12-17H2,1-2H3,(H,27,29). The lowest BCUT2D eigenvalue weighted by atomic mass is 9.85. The number of rotatable bonds is 7. The minimum atomic E-state index is -0.359. The summed E-state index contributed by atoms with van der Waals surface area (Å²) in [6.07, 6.45) is 2.18. The molecule has 2 aromatic carbocycles. The Morgan fingerprint density at radius 2 is 1.71 bits per heavy atom. The zero-order valence-electron chi connectivity index (χ0n) is 18.2. The van der Waals surface area contributed by atoms with Crippen molar-refractivity contribution < 1.29 is 18.7 Å². The molecule has 1 aliphatic rings. The molecule has 0 aliphatic carbocycles. The Kier molecular flexibility index (Phi) is 8.04. The first kappa shape index (κ1) is 22.8. The lowest BCUT2D eigenvalue weighted by Crippen LogP contribution is -2.47. The number of benzene rings is 2. The van der Waals surface area contributed by atoms with Gasteiger partial charge in [0.2, 0.25) is 0 Å². The largest absolute Gasteiger partial charge is 0.445 e. The zero-order chi connectivity index (χ0) is 22.2. The van der Waals surface area contributed by atoms with Gasteiger partial charge >= 0.3 is 6.09 Å². The summed E-state index contributed by atoms with van der Waals surface area (Å²) in [5.41, 5.74) is 1.42. The molecule has 1 unspecified atom stereocenters. The van der Waals surface area contributed by atoms with Crippen molar-refractivity contribution in [3.05, 3.63) is 71.5 Å². The maximum absolute atomic E-state index is 13.2. The van der Waals surface area contributed by atoms with Crippen LogP contribution in [0.1, 0.15) is 49.0 Å². The summed E-state index contributed by atoms with van der Waals surface area (Å²) in [4.78, 5) is 26.8. The molecule has 5 nitrogen and oxygen atoms in total. The Hall–Kier alpha value is -2.89. The van der Waals surface area contributed by atoms with Gasteiger partial charge in [-0.2, -0.15) is 0 Å². The lowest BCUT2D eigenvalue weighted by molar-refractivity contribution is 0.0730. The number of likely N-dealkylation sites (tertiary alicyclic amines) is 1. The molecule has 1 atom stereocenters. The fraction of sp³-hybridized carbons (Fsp3) is 0.440. The Balaban J connectivity index is 1.53. The lowest BCUT2D eigenvalue weighted by Gasteiger charge is -2.36. The Morgan fingerprint density at radius 1 is 1.06 bits per heavy atom. The first-order valence-electron chi connectivity index (χ1n) is 10.9. The smallest absolute Gasteiger partial charge is 0.410 e. The van der Waals surface area contributed by atoms with Crippen LogP contribution >= 0.6 is 0 Å². The highest BCUT2D eigenvalue weighted by Gasteiger charge is 2.30. The highest BCUT2D eigenvalue weighted by molar-refractivity contribution is 5.94. The van der Waals surface area contributed by atoms with E-state index in [-0.39, 0.29) is 36.4 Å². The summed E-state index contributed by atoms with van der Waals surface area (Å²) < 4.78 is 18.6. The molecule has 1 saturated heterocycles. The Labute approximate surface area is 183 Å². The predicted molar refractivity (Wildman–Crippen MR) is 118 cm³/mol. The van der Waals surface area contributed by atoms with Crippen molar-refractivity contribution in [2.75, 3.05) is 13.1 Å². The second-order valence-electron chi connectivity index (χ2n) is 8.58. The minimum Gasteiger partial charge on any atom is -0.445 e. The van der Waals surface area contributed by atoms with Crippen LogP contribution in [0, 0.1) is 17.7 Å². The first-order chi connectivity index (χ1) is 14.9. The third-order valence-corrected chi connectivity index (χ3v) is 5.72. The molecule has 2 aromatic rings. The molecule has 1 fully saturated rings. The highest BCUT2D eigenvalue weighted by Crippen LogP contribution is 2.25. The second-order valence-corrected chi connectivity index (χ2v) is 8.58. The van der Waals surface area contributed by atoms with E-state index in [9.17, 15) is 14.0 Å². The zero-order valence-corrected chi connectivity index (χ0v) is 18.2. The summed E-state index contributed by atoms with van der Waals surface area (Å²) in [5, 5.41) is 3.15. The molecular weight excluding hydrogens is 395 g/mol. The van der Waals surface area contributed by atoms with E-state index >= 15 is 0 Å². The quantitative estimate of drug-likeness (QED) is 0.676. The van der Waals surface area contributed by atoms with E-state index < -0.39 is 0 Å². The molecule has 1 heterocycles. The monoisotopic (exact) mass is 426 g/mol. The number of amides is 2. The number of hydrogen-bond acceptors (Lipinski definition) is 3. The van der Waals surface area contributed by atoms with Crippen LogP contribution < -0.4 is 5.32 Å². The molecule has 1 aliphatic heterocycles. The summed E-state index contributed by atoms with van der Waals surface area (Å²) in [6, 6.07) is 15.2. The number of piperidine rings is 1. The van der Waals surface area contributed by atoms with Crippen molar-refractivity contribution in [2.24, 2.45) is 11.8 Å². The molecule has 1 N–H and O–H groups in total.